The molecule has 4 aromatic rings. The molecular formula is C29H27N3O3. The number of carbonyl (C=O) groups is 2. The van der Waals surface area contributed by atoms with E-state index < -0.39 is 0 Å². The molecule has 0 saturated heterocycles. The molecule has 0 atom stereocenters. The summed E-state index contributed by atoms with van der Waals surface area (Å²) in [5.41, 5.74) is 3.57. The minimum Gasteiger partial charge on any atom is -0.497 e. The molecule has 0 aromatic heterocycles. The first-order valence-electron chi connectivity index (χ1n) is 11.3. The summed E-state index contributed by atoms with van der Waals surface area (Å²) in [5.74, 6) is 0.143. The van der Waals surface area contributed by atoms with Gasteiger partial charge in [-0.05, 0) is 47.5 Å². The zero-order valence-electron chi connectivity index (χ0n) is 19.4. The van der Waals surface area contributed by atoms with E-state index in [4.69, 9.17) is 4.74 Å². The normalized spacial score (nSPS) is 10.6. The summed E-state index contributed by atoms with van der Waals surface area (Å²) in [6, 6.07) is 33.8. The maximum absolute atomic E-state index is 12.9. The van der Waals surface area contributed by atoms with Gasteiger partial charge in [0.25, 0.3) is 5.91 Å². The third-order valence-electron chi connectivity index (χ3n) is 5.53. The van der Waals surface area contributed by atoms with Crippen LogP contribution in [-0.4, -0.2) is 25.5 Å². The summed E-state index contributed by atoms with van der Waals surface area (Å²) in [4.78, 5) is 25.8. The fourth-order valence-electron chi connectivity index (χ4n) is 3.77. The van der Waals surface area contributed by atoms with Crippen molar-refractivity contribution in [2.75, 3.05) is 24.3 Å². The van der Waals surface area contributed by atoms with E-state index in [0.717, 1.165) is 11.1 Å². The molecular weight excluding hydrogens is 438 g/mol. The second kappa shape index (κ2) is 11.6. The minimum absolute atomic E-state index is 0.0723. The number of amides is 2. The molecule has 4 rings (SSSR count). The third-order valence-corrected chi connectivity index (χ3v) is 5.53. The summed E-state index contributed by atoms with van der Waals surface area (Å²) in [5, 5.41) is 9.07. The van der Waals surface area contributed by atoms with E-state index in [1.54, 1.807) is 55.6 Å². The van der Waals surface area contributed by atoms with Crippen LogP contribution in [0.2, 0.25) is 0 Å². The summed E-state index contributed by atoms with van der Waals surface area (Å²) < 4.78 is 5.15. The number of nitrogens with one attached hydrogen (secondary N) is 3. The first-order chi connectivity index (χ1) is 17.1. The lowest BCUT2D eigenvalue weighted by Gasteiger charge is -2.20. The van der Waals surface area contributed by atoms with Gasteiger partial charge in [0.2, 0.25) is 5.91 Å². The predicted octanol–water partition coefficient (Wildman–Crippen LogP) is 5.27. The van der Waals surface area contributed by atoms with Gasteiger partial charge in [0.1, 0.15) is 5.75 Å². The Balaban J connectivity index is 1.43. The van der Waals surface area contributed by atoms with Crippen LogP contribution in [0.3, 0.4) is 0 Å². The Labute approximate surface area is 205 Å². The Morgan fingerprint density at radius 3 is 1.89 bits per heavy atom. The molecule has 6 heteroatoms. The van der Waals surface area contributed by atoms with Gasteiger partial charge in [-0.3, -0.25) is 14.9 Å². The quantitative estimate of drug-likeness (QED) is 0.315. The largest absolute Gasteiger partial charge is 0.497 e. The van der Waals surface area contributed by atoms with Gasteiger partial charge in [-0.1, -0.05) is 72.8 Å². The van der Waals surface area contributed by atoms with E-state index in [1.165, 1.54) is 0 Å². The van der Waals surface area contributed by atoms with Crippen LogP contribution in [0.4, 0.5) is 11.4 Å². The van der Waals surface area contributed by atoms with Crippen LogP contribution >= 0.6 is 0 Å². The Bertz CT molecular complexity index is 1220. The van der Waals surface area contributed by atoms with Gasteiger partial charge in [0.05, 0.1) is 30.9 Å². The van der Waals surface area contributed by atoms with Crippen molar-refractivity contribution in [3.8, 4) is 5.75 Å². The maximum atomic E-state index is 12.9. The molecule has 0 radical (unpaired) electrons. The van der Waals surface area contributed by atoms with Crippen molar-refractivity contribution >= 4 is 23.2 Å². The molecule has 6 nitrogen and oxygen atoms in total. The lowest BCUT2D eigenvalue weighted by molar-refractivity contribution is -0.115. The molecule has 0 fully saturated rings. The standard InChI is InChI=1S/C29H27N3O3/c1-35-24-18-16-23(17-19-24)31-29(34)25-14-8-9-15-26(25)32-27(33)20-30-28(21-10-4-2-5-11-21)22-12-6-3-7-13-22/h2-19,28,30H,20H2,1H3,(H,31,34)(H,32,33). The van der Waals surface area contributed by atoms with Crippen molar-refractivity contribution in [2.24, 2.45) is 0 Å². The van der Waals surface area contributed by atoms with Gasteiger partial charge < -0.3 is 15.4 Å². The molecule has 0 aliphatic heterocycles. The Hall–Kier alpha value is -4.42. The summed E-state index contributed by atoms with van der Waals surface area (Å²) in [6.07, 6.45) is 0. The van der Waals surface area contributed by atoms with Gasteiger partial charge in [0, 0.05) is 5.69 Å². The Morgan fingerprint density at radius 1 is 0.714 bits per heavy atom. The Morgan fingerprint density at radius 2 is 1.29 bits per heavy atom. The first-order valence-corrected chi connectivity index (χ1v) is 11.3. The molecule has 4 aromatic carbocycles. The molecule has 2 amide bonds. The van der Waals surface area contributed by atoms with Crippen LogP contribution in [0.15, 0.2) is 109 Å². The highest BCUT2D eigenvalue weighted by Gasteiger charge is 2.17. The van der Waals surface area contributed by atoms with Crippen LogP contribution in [0, 0.1) is 0 Å². The van der Waals surface area contributed by atoms with E-state index in [2.05, 4.69) is 16.0 Å². The molecule has 35 heavy (non-hydrogen) atoms. The fraction of sp³-hybridized carbons (Fsp3) is 0.103. The van der Waals surface area contributed by atoms with Gasteiger partial charge in [-0.15, -0.1) is 0 Å². The fourth-order valence-corrected chi connectivity index (χ4v) is 3.77. The first kappa shape index (κ1) is 23.7. The topological polar surface area (TPSA) is 79.5 Å². The van der Waals surface area contributed by atoms with E-state index in [1.807, 2.05) is 60.7 Å². The summed E-state index contributed by atoms with van der Waals surface area (Å²) in [7, 11) is 1.59. The van der Waals surface area contributed by atoms with Crippen LogP contribution in [0.1, 0.15) is 27.5 Å². The van der Waals surface area contributed by atoms with Crippen LogP contribution in [-0.2, 0) is 4.79 Å². The van der Waals surface area contributed by atoms with Gasteiger partial charge in [0.15, 0.2) is 0 Å². The summed E-state index contributed by atoms with van der Waals surface area (Å²) in [6.45, 7) is 0.0723. The van der Waals surface area contributed by atoms with Crippen molar-refractivity contribution in [1.29, 1.82) is 0 Å². The highest BCUT2D eigenvalue weighted by Crippen LogP contribution is 2.22. The molecule has 0 saturated carbocycles. The number of ether oxygens (including phenoxy) is 1. The molecule has 0 heterocycles. The minimum atomic E-state index is -0.314. The number of anilines is 2. The van der Waals surface area contributed by atoms with E-state index >= 15 is 0 Å². The number of hydrogen-bond donors (Lipinski definition) is 3. The van der Waals surface area contributed by atoms with E-state index in [0.29, 0.717) is 22.7 Å². The van der Waals surface area contributed by atoms with E-state index in [-0.39, 0.29) is 24.4 Å². The molecule has 0 aliphatic rings. The molecule has 0 spiro atoms. The van der Waals surface area contributed by atoms with Crippen LogP contribution in [0.25, 0.3) is 0 Å². The van der Waals surface area contributed by atoms with Crippen LogP contribution in [0.5, 0.6) is 5.75 Å². The molecule has 0 unspecified atom stereocenters. The van der Waals surface area contributed by atoms with Crippen LogP contribution < -0.4 is 20.7 Å². The van der Waals surface area contributed by atoms with Crippen molar-refractivity contribution in [2.45, 2.75) is 6.04 Å². The van der Waals surface area contributed by atoms with Gasteiger partial charge in [-0.25, -0.2) is 0 Å². The molecule has 3 N–H and O–H groups in total. The third kappa shape index (κ3) is 6.34. The lowest BCUT2D eigenvalue weighted by atomic mass is 9.99. The highest BCUT2D eigenvalue weighted by atomic mass is 16.5. The SMILES string of the molecule is COc1ccc(NC(=O)c2ccccc2NC(=O)CNC(c2ccccc2)c2ccccc2)cc1. The number of rotatable bonds is 9. The second-order valence-electron chi connectivity index (χ2n) is 7.91. The second-order valence-corrected chi connectivity index (χ2v) is 7.91. The molecule has 0 aliphatic carbocycles. The lowest BCUT2D eigenvalue weighted by Crippen LogP contribution is -2.32. The smallest absolute Gasteiger partial charge is 0.257 e. The molecule has 176 valence electrons. The number of para-hydroxylation sites is 1. The van der Waals surface area contributed by atoms with Gasteiger partial charge >= 0.3 is 0 Å². The van der Waals surface area contributed by atoms with Gasteiger partial charge in [-0.2, -0.15) is 0 Å². The average Bonchev–Trinajstić information content (AvgIpc) is 2.91. The average molecular weight is 466 g/mol. The van der Waals surface area contributed by atoms with Crippen molar-refractivity contribution < 1.29 is 14.3 Å². The Kier molecular flexibility index (Phi) is 7.88. The van der Waals surface area contributed by atoms with Crippen molar-refractivity contribution in [1.82, 2.24) is 5.32 Å². The van der Waals surface area contributed by atoms with Crippen molar-refractivity contribution in [3.63, 3.8) is 0 Å². The number of hydrogen-bond acceptors (Lipinski definition) is 4. The summed E-state index contributed by atoms with van der Waals surface area (Å²) >= 11 is 0. The number of methoxy groups -OCH3 is 1. The number of carbonyl (C=O) groups excluding carboxylic acids is 2. The highest BCUT2D eigenvalue weighted by molar-refractivity contribution is 6.10. The zero-order valence-corrected chi connectivity index (χ0v) is 19.4. The maximum Gasteiger partial charge on any atom is 0.257 e. The number of benzene rings is 4. The molecule has 0 bridgehead atoms. The predicted molar refractivity (Wildman–Crippen MR) is 139 cm³/mol. The van der Waals surface area contributed by atoms with E-state index in [9.17, 15) is 9.59 Å². The monoisotopic (exact) mass is 465 g/mol. The zero-order chi connectivity index (χ0) is 24.5. The van der Waals surface area contributed by atoms with Crippen molar-refractivity contribution in [3.05, 3.63) is 126 Å².